The number of nitrogens with zero attached hydrogens (tertiary/aromatic N) is 7. The number of thiophene rings is 1. The Bertz CT molecular complexity index is 3370. The highest BCUT2D eigenvalue weighted by atomic mass is 32.1. The van der Waals surface area contributed by atoms with Gasteiger partial charge in [-0.25, -0.2) is 19.4 Å². The maximum absolute atomic E-state index is 11.4. The summed E-state index contributed by atoms with van der Waals surface area (Å²) in [5.41, 5.74) is 8.63. The van der Waals surface area contributed by atoms with Gasteiger partial charge in [-0.05, 0) is 67.8 Å². The third kappa shape index (κ3) is 11.3. The van der Waals surface area contributed by atoms with E-state index in [9.17, 15) is 14.4 Å². The molecule has 356 valence electrons. The zero-order valence-corrected chi connectivity index (χ0v) is 40.4. The fourth-order valence-corrected chi connectivity index (χ4v) is 8.32. The van der Waals surface area contributed by atoms with Crippen LogP contribution < -0.4 is 0 Å². The van der Waals surface area contributed by atoms with Gasteiger partial charge in [-0.15, -0.1) is 11.3 Å². The van der Waals surface area contributed by atoms with E-state index < -0.39 is 5.97 Å². The molecule has 4 aromatic carbocycles. The second-order valence-electron chi connectivity index (χ2n) is 15.8. The monoisotopic (exact) mass is 963 g/mol. The number of carbonyl (C=O) groups excluding carboxylic acids is 3. The lowest BCUT2D eigenvalue weighted by Gasteiger charge is -2.05. The van der Waals surface area contributed by atoms with E-state index in [2.05, 4.69) is 43.2 Å². The molecule has 0 aliphatic rings. The second-order valence-corrected chi connectivity index (χ2v) is 16.7. The molecular weight excluding hydrogens is 915 g/mol. The number of pyridine rings is 1. The zero-order valence-electron chi connectivity index (χ0n) is 39.6. The van der Waals surface area contributed by atoms with E-state index in [0.717, 1.165) is 71.7 Å². The number of hydrogen-bond donors (Lipinski definition) is 0. The normalized spacial score (nSPS) is 11.7. The molecule has 0 aliphatic heterocycles. The molecule has 0 saturated carbocycles. The van der Waals surface area contributed by atoms with E-state index >= 15 is 0 Å². The van der Waals surface area contributed by atoms with Crippen LogP contribution in [-0.4, -0.2) is 53.7 Å². The molecule has 0 atom stereocenters. The quantitative estimate of drug-likeness (QED) is 0.0665. The van der Waals surface area contributed by atoms with Crippen molar-refractivity contribution >= 4 is 79.1 Å². The van der Waals surface area contributed by atoms with Gasteiger partial charge in [0.25, 0.3) is 0 Å². The van der Waals surface area contributed by atoms with Crippen molar-refractivity contribution < 1.29 is 33.3 Å². The van der Waals surface area contributed by atoms with E-state index in [1.54, 1.807) is 37.6 Å². The molecule has 10 rings (SSSR count). The number of aromatic nitrogens is 4. The van der Waals surface area contributed by atoms with Crippen LogP contribution in [0.4, 0.5) is 0 Å². The van der Waals surface area contributed by atoms with Crippen molar-refractivity contribution in [2.45, 2.75) is 47.5 Å². The molecule has 0 aliphatic carbocycles. The zero-order chi connectivity index (χ0) is 49.7. The first-order chi connectivity index (χ1) is 34.6. The molecule has 0 amide bonds. The summed E-state index contributed by atoms with van der Waals surface area (Å²) in [5.74, 6) is 0.382. The number of fused-ring (bicyclic) bond motifs is 3. The molecule has 15 heteroatoms. The highest BCUT2D eigenvalue weighted by Gasteiger charge is 2.18. The Labute approximate surface area is 413 Å². The molecule has 0 fully saturated rings. The number of rotatable bonds is 12. The minimum absolute atomic E-state index is 0.297. The number of furan rings is 1. The summed E-state index contributed by atoms with van der Waals surface area (Å²) in [6, 6.07) is 47.4. The molecule has 71 heavy (non-hydrogen) atoms. The molecule has 6 aromatic heterocycles. The Hall–Kier alpha value is -8.95. The van der Waals surface area contributed by atoms with Crippen molar-refractivity contribution in [3.8, 4) is 16.7 Å². The van der Waals surface area contributed by atoms with Crippen LogP contribution >= 0.6 is 11.3 Å². The Morgan fingerprint density at radius 3 is 1.62 bits per heavy atom. The molecular formula is C56H49N7O7S. The largest absolute Gasteiger partial charge is 0.448 e. The third-order valence-electron chi connectivity index (χ3n) is 11.0. The topological polar surface area (TPSA) is 157 Å². The van der Waals surface area contributed by atoms with Crippen molar-refractivity contribution in [2.75, 3.05) is 0 Å². The average Bonchev–Trinajstić information content (AvgIpc) is 4.29. The first kappa shape index (κ1) is 48.5. The average molecular weight is 964 g/mol. The molecule has 0 radical (unpaired) electrons. The van der Waals surface area contributed by atoms with Crippen LogP contribution in [0.1, 0.15) is 69.7 Å². The molecule has 0 bridgehead atoms. The summed E-state index contributed by atoms with van der Waals surface area (Å²) in [7, 11) is 0. The van der Waals surface area contributed by atoms with Gasteiger partial charge in [0.2, 0.25) is 5.88 Å². The first-order valence-corrected chi connectivity index (χ1v) is 23.6. The predicted octanol–water partition coefficient (Wildman–Crippen LogP) is 12.6. The minimum Gasteiger partial charge on any atom is -0.448 e. The van der Waals surface area contributed by atoms with Crippen LogP contribution in [-0.2, 0) is 28.9 Å². The fraction of sp³-hybridized carbons (Fsp3) is 0.125. The van der Waals surface area contributed by atoms with E-state index in [1.165, 1.54) is 6.92 Å². The van der Waals surface area contributed by atoms with E-state index in [0.29, 0.717) is 30.0 Å². The van der Waals surface area contributed by atoms with Crippen LogP contribution in [0.25, 0.3) is 49.4 Å². The molecule has 6 heterocycles. The third-order valence-corrected chi connectivity index (χ3v) is 11.9. The van der Waals surface area contributed by atoms with Crippen LogP contribution in [0, 0.1) is 0 Å². The van der Waals surface area contributed by atoms with Gasteiger partial charge in [0.1, 0.15) is 11.5 Å². The summed E-state index contributed by atoms with van der Waals surface area (Å²) in [4.78, 5) is 53.1. The SMILES string of the molecule is CC(=O)O/N=C(\c1ccccc1)c1cn(-c2ccccn2)c2ccccc12.CCC(=O)O/N=C(\C)c1cn(-c2ccco2)c2ccccc12.CCC(=O)O/N=C(\C)c1cn(-c2cccs2)c2ccccc12. The summed E-state index contributed by atoms with van der Waals surface area (Å²) in [6.07, 6.45) is 9.95. The Morgan fingerprint density at radius 2 is 1.08 bits per heavy atom. The Morgan fingerprint density at radius 1 is 0.549 bits per heavy atom. The van der Waals surface area contributed by atoms with Crippen LogP contribution in [0.3, 0.4) is 0 Å². The number of para-hydroxylation sites is 3. The van der Waals surface area contributed by atoms with Crippen LogP contribution in [0.5, 0.6) is 0 Å². The summed E-state index contributed by atoms with van der Waals surface area (Å²) in [5, 5.41) is 18.4. The lowest BCUT2D eigenvalue weighted by Crippen LogP contribution is -2.05. The lowest BCUT2D eigenvalue weighted by molar-refractivity contribution is -0.144. The lowest BCUT2D eigenvalue weighted by atomic mass is 10.0. The van der Waals surface area contributed by atoms with Crippen molar-refractivity contribution in [2.24, 2.45) is 15.5 Å². The van der Waals surface area contributed by atoms with E-state index in [4.69, 9.17) is 18.9 Å². The van der Waals surface area contributed by atoms with Crippen molar-refractivity contribution in [3.05, 3.63) is 204 Å². The second kappa shape index (κ2) is 22.9. The molecule has 0 saturated heterocycles. The van der Waals surface area contributed by atoms with Crippen molar-refractivity contribution in [1.29, 1.82) is 0 Å². The van der Waals surface area contributed by atoms with Crippen molar-refractivity contribution in [3.63, 3.8) is 0 Å². The maximum atomic E-state index is 11.4. The van der Waals surface area contributed by atoms with Gasteiger partial charge in [-0.3, -0.25) is 4.57 Å². The first-order valence-electron chi connectivity index (χ1n) is 22.8. The van der Waals surface area contributed by atoms with Gasteiger partial charge < -0.3 is 28.1 Å². The predicted molar refractivity (Wildman–Crippen MR) is 279 cm³/mol. The number of carbonyl (C=O) groups is 3. The van der Waals surface area contributed by atoms with Gasteiger partial charge >= 0.3 is 17.9 Å². The van der Waals surface area contributed by atoms with Crippen molar-refractivity contribution in [1.82, 2.24) is 18.7 Å². The van der Waals surface area contributed by atoms with Gasteiger partial charge in [-0.2, -0.15) is 0 Å². The minimum atomic E-state index is -0.461. The Balaban J connectivity index is 0.000000144. The molecule has 10 aromatic rings. The number of hydrogen-bond acceptors (Lipinski definition) is 12. The highest BCUT2D eigenvalue weighted by Crippen LogP contribution is 2.30. The number of oxime groups is 3. The smallest absolute Gasteiger partial charge is 0.334 e. The summed E-state index contributed by atoms with van der Waals surface area (Å²) in [6.45, 7) is 8.48. The summed E-state index contributed by atoms with van der Waals surface area (Å²) < 4.78 is 11.6. The van der Waals surface area contributed by atoms with E-state index in [1.807, 2.05) is 174 Å². The number of benzene rings is 4. The molecule has 0 spiro atoms. The van der Waals surface area contributed by atoms with Gasteiger partial charge in [0, 0.05) is 89.0 Å². The summed E-state index contributed by atoms with van der Waals surface area (Å²) >= 11 is 1.68. The van der Waals surface area contributed by atoms with Gasteiger partial charge in [-0.1, -0.05) is 120 Å². The van der Waals surface area contributed by atoms with Gasteiger partial charge in [0.05, 0.1) is 39.2 Å². The molecule has 0 unspecified atom stereocenters. The maximum Gasteiger partial charge on any atom is 0.334 e. The molecule has 0 N–H and O–H groups in total. The molecule has 14 nitrogen and oxygen atoms in total. The van der Waals surface area contributed by atoms with Crippen LogP contribution in [0.15, 0.2) is 202 Å². The standard InChI is InChI=1S/C22H17N3O2.C17H16N2O3.C17H16N2O2S/c1-16(26)27-24-22(17-9-3-2-4-10-17)19-15-25(21-13-7-8-14-23-21)20-12-6-5-11-18(19)20;1-3-17(20)22-18-12(2)14-11-19(16-9-6-10-21-16)15-8-5-4-7-13(14)15;1-3-17(20)21-18-12(2)14-11-19(16-9-6-10-22-16)15-8-5-4-7-13(14)15/h2-15H,1H3;2*4-11H,3H2,1-2H3/b24-22+;2*18-12+. The van der Waals surface area contributed by atoms with E-state index in [-0.39, 0.29) is 11.9 Å². The highest BCUT2D eigenvalue weighted by molar-refractivity contribution is 7.12. The fourth-order valence-electron chi connectivity index (χ4n) is 7.60. The van der Waals surface area contributed by atoms with Gasteiger partial charge in [0.15, 0.2) is 0 Å². The van der Waals surface area contributed by atoms with Crippen LogP contribution in [0.2, 0.25) is 0 Å². The Kier molecular flexibility index (Phi) is 15.6.